The molecule has 2 heteroatoms. The van der Waals surface area contributed by atoms with Crippen molar-refractivity contribution in [1.82, 2.24) is 0 Å². The van der Waals surface area contributed by atoms with Gasteiger partial charge < -0.3 is 0 Å². The van der Waals surface area contributed by atoms with Gasteiger partial charge in [-0.2, -0.15) is 10.5 Å². The first-order valence-electron chi connectivity index (χ1n) is 27.6. The highest BCUT2D eigenvalue weighted by atomic mass is 14.3. The minimum absolute atomic E-state index is 0.643. The number of rotatable bonds is 12. The maximum Gasteiger partial charge on any atom is 0.100 e. The van der Waals surface area contributed by atoms with E-state index in [1.54, 1.807) is 0 Å². The van der Waals surface area contributed by atoms with E-state index in [0.29, 0.717) is 11.1 Å². The van der Waals surface area contributed by atoms with Gasteiger partial charge >= 0.3 is 0 Å². The Kier molecular flexibility index (Phi) is 13.9. The topological polar surface area (TPSA) is 47.6 Å². The Labute approximate surface area is 480 Å². The van der Waals surface area contributed by atoms with E-state index < -0.39 is 0 Å². The van der Waals surface area contributed by atoms with Gasteiger partial charge in [-0.05, 0) is 190 Å². The fourth-order valence-corrected chi connectivity index (χ4v) is 11.4. The molecule has 13 rings (SSSR count). The smallest absolute Gasteiger partial charge is 0.100 e. The summed E-state index contributed by atoms with van der Waals surface area (Å²) in [6.07, 6.45) is 0. The zero-order valence-electron chi connectivity index (χ0n) is 44.9. The fourth-order valence-electron chi connectivity index (χ4n) is 11.4. The van der Waals surface area contributed by atoms with Crippen molar-refractivity contribution in [1.29, 1.82) is 10.5 Å². The third-order valence-electron chi connectivity index (χ3n) is 15.5. The van der Waals surface area contributed by atoms with Crippen LogP contribution in [0.15, 0.2) is 315 Å². The van der Waals surface area contributed by atoms with Crippen LogP contribution in [-0.4, -0.2) is 0 Å². The number of hydrogen-bond acceptors (Lipinski definition) is 2. The highest BCUT2D eigenvalue weighted by molar-refractivity contribution is 5.92. The fraction of sp³-hybridized carbons (Fsp3) is 0. The van der Waals surface area contributed by atoms with Crippen molar-refractivity contribution < 1.29 is 0 Å². The van der Waals surface area contributed by atoms with E-state index in [0.717, 1.165) is 134 Å². The minimum Gasteiger partial charge on any atom is -0.192 e. The molecule has 0 aliphatic carbocycles. The van der Waals surface area contributed by atoms with E-state index in [1.165, 1.54) is 0 Å². The maximum absolute atomic E-state index is 10.9. The van der Waals surface area contributed by atoms with E-state index in [1.807, 2.05) is 48.5 Å². The molecule has 0 aliphatic heterocycles. The van der Waals surface area contributed by atoms with Crippen molar-refractivity contribution in [3.8, 4) is 146 Å². The van der Waals surface area contributed by atoms with E-state index in [-0.39, 0.29) is 0 Å². The van der Waals surface area contributed by atoms with Crippen molar-refractivity contribution in [3.05, 3.63) is 327 Å². The molecule has 13 aromatic rings. The third kappa shape index (κ3) is 10.4. The predicted octanol–water partition coefficient (Wildman–Crippen LogP) is 21.4. The van der Waals surface area contributed by atoms with E-state index in [9.17, 15) is 10.5 Å². The molecule has 382 valence electrons. The van der Waals surface area contributed by atoms with Crippen LogP contribution in [0.5, 0.6) is 0 Å². The van der Waals surface area contributed by atoms with Crippen LogP contribution in [0.1, 0.15) is 11.1 Å². The monoisotopic (exact) mass is 1040 g/mol. The summed E-state index contributed by atoms with van der Waals surface area (Å²) in [7, 11) is 0. The van der Waals surface area contributed by atoms with Gasteiger partial charge in [0.1, 0.15) is 12.1 Å². The number of benzene rings is 13. The Morgan fingerprint density at radius 3 is 0.573 bits per heavy atom. The quantitative estimate of drug-likeness (QED) is 0.122. The van der Waals surface area contributed by atoms with Crippen LogP contribution in [0.4, 0.5) is 0 Å². The van der Waals surface area contributed by atoms with Gasteiger partial charge in [-0.25, -0.2) is 0 Å². The first-order valence-corrected chi connectivity index (χ1v) is 27.6. The summed E-state index contributed by atoms with van der Waals surface area (Å²) in [5, 5.41) is 21.9. The lowest BCUT2D eigenvalue weighted by Gasteiger charge is -2.16. The molecule has 0 atom stereocenters. The second kappa shape index (κ2) is 22.7. The zero-order chi connectivity index (χ0) is 55.2. The number of nitriles is 2. The summed E-state index contributed by atoms with van der Waals surface area (Å²) in [4.78, 5) is 0. The van der Waals surface area contributed by atoms with Crippen LogP contribution in [0.3, 0.4) is 0 Å². The first-order chi connectivity index (χ1) is 40.5. The molecular formula is C80H52N2. The SMILES string of the molecule is N#Cc1c(-c2ccccc2)cc(-c2ccccc2)cc1-c1cccc(-c2cc(-c3ccccc3)cc(-c3cccc(-c4cc(-c5ccccc5)cc(-c5cccc(-c6cc(-c7ccccc7)cc(-c7ccccc7)c6C#N)c5)c4)c3)c2)c1. The van der Waals surface area contributed by atoms with Gasteiger partial charge in [0.05, 0.1) is 11.1 Å². The van der Waals surface area contributed by atoms with E-state index in [2.05, 4.69) is 279 Å². The maximum atomic E-state index is 10.9. The minimum atomic E-state index is 0.643. The summed E-state index contributed by atoms with van der Waals surface area (Å²) < 4.78 is 0. The van der Waals surface area contributed by atoms with Gasteiger partial charge in [0.15, 0.2) is 0 Å². The summed E-state index contributed by atoms with van der Waals surface area (Å²) >= 11 is 0. The van der Waals surface area contributed by atoms with Gasteiger partial charge in [-0.1, -0.05) is 237 Å². The standard InChI is InChI=1S/C80H52N2/c81-53-79-75(59-30-15-5-16-31-59)49-73(57-26-11-3-12-27-57)51-77(79)65-38-20-36-63(41-65)71-45-67(55-22-7-1-8-23-55)43-69(47-71)61-34-19-35-62(40-61)70-44-68(56-24-9-2-10-25-56)46-72(48-70)64-37-21-39-66(42-64)78-52-74(58-28-13-4-14-29-58)50-76(80(78)54-82)60-32-17-6-18-33-60/h1-52H. The Morgan fingerprint density at radius 1 is 0.146 bits per heavy atom. The van der Waals surface area contributed by atoms with Crippen LogP contribution in [0, 0.1) is 22.7 Å². The molecule has 0 bridgehead atoms. The highest BCUT2D eigenvalue weighted by Gasteiger charge is 2.19. The predicted molar refractivity (Wildman–Crippen MR) is 341 cm³/mol. The van der Waals surface area contributed by atoms with Crippen molar-refractivity contribution >= 4 is 0 Å². The summed E-state index contributed by atoms with van der Waals surface area (Å²) in [5.74, 6) is 0. The summed E-state index contributed by atoms with van der Waals surface area (Å²) in [5.41, 5.74) is 26.2. The molecule has 13 aromatic carbocycles. The van der Waals surface area contributed by atoms with Gasteiger partial charge in [-0.15, -0.1) is 0 Å². The summed E-state index contributed by atoms with van der Waals surface area (Å²) in [6.45, 7) is 0. The molecule has 0 heterocycles. The molecule has 0 aliphatic rings. The highest BCUT2D eigenvalue weighted by Crippen LogP contribution is 2.43. The molecule has 0 saturated heterocycles. The Morgan fingerprint density at radius 2 is 0.317 bits per heavy atom. The second-order valence-electron chi connectivity index (χ2n) is 20.7. The zero-order valence-corrected chi connectivity index (χ0v) is 44.9. The van der Waals surface area contributed by atoms with Crippen LogP contribution >= 0.6 is 0 Å². The van der Waals surface area contributed by atoms with E-state index in [4.69, 9.17) is 0 Å². The van der Waals surface area contributed by atoms with Gasteiger partial charge in [0.2, 0.25) is 0 Å². The molecule has 2 nitrogen and oxygen atoms in total. The van der Waals surface area contributed by atoms with Crippen molar-refractivity contribution in [2.75, 3.05) is 0 Å². The molecule has 0 fully saturated rings. The third-order valence-corrected chi connectivity index (χ3v) is 15.5. The van der Waals surface area contributed by atoms with Crippen molar-refractivity contribution in [2.24, 2.45) is 0 Å². The second-order valence-corrected chi connectivity index (χ2v) is 20.7. The average molecular weight is 1040 g/mol. The molecule has 0 unspecified atom stereocenters. The van der Waals surface area contributed by atoms with Gasteiger partial charge in [0.25, 0.3) is 0 Å². The molecule has 0 amide bonds. The number of nitrogens with zero attached hydrogens (tertiary/aromatic N) is 2. The van der Waals surface area contributed by atoms with Crippen LogP contribution < -0.4 is 0 Å². The number of hydrogen-bond donors (Lipinski definition) is 0. The first kappa shape index (κ1) is 50.4. The molecule has 0 spiro atoms. The van der Waals surface area contributed by atoms with Crippen LogP contribution in [-0.2, 0) is 0 Å². The van der Waals surface area contributed by atoms with Crippen LogP contribution in [0.25, 0.3) is 134 Å². The lowest BCUT2D eigenvalue weighted by molar-refractivity contribution is 1.46. The van der Waals surface area contributed by atoms with Gasteiger partial charge in [-0.3, -0.25) is 0 Å². The normalized spacial score (nSPS) is 10.9. The average Bonchev–Trinajstić information content (AvgIpc) is 3.59. The summed E-state index contributed by atoms with van der Waals surface area (Å²) in [6, 6.07) is 116. The Hall–Kier alpha value is -11.2. The molecule has 0 radical (unpaired) electrons. The molecule has 0 aromatic heterocycles. The van der Waals surface area contributed by atoms with Crippen LogP contribution in [0.2, 0.25) is 0 Å². The van der Waals surface area contributed by atoms with E-state index >= 15 is 0 Å². The molecule has 0 saturated carbocycles. The molecule has 82 heavy (non-hydrogen) atoms. The lowest BCUT2D eigenvalue weighted by Crippen LogP contribution is -1.93. The molecule has 0 N–H and O–H groups in total. The Balaban J connectivity index is 0.925. The lowest BCUT2D eigenvalue weighted by atomic mass is 9.86. The van der Waals surface area contributed by atoms with Gasteiger partial charge in [0, 0.05) is 22.3 Å². The van der Waals surface area contributed by atoms with Crippen molar-refractivity contribution in [2.45, 2.75) is 0 Å². The Bertz CT molecular complexity index is 4250. The molecular weight excluding hydrogens is 989 g/mol. The van der Waals surface area contributed by atoms with Crippen molar-refractivity contribution in [3.63, 3.8) is 0 Å². The largest absolute Gasteiger partial charge is 0.192 e.